The number of hydrogen-bond acceptors (Lipinski definition) is 5. The maximum Gasteiger partial charge on any atom is 0.360 e. The molecule has 0 bridgehead atoms. The number of hydrogen-bond donors (Lipinski definition) is 1. The van der Waals surface area contributed by atoms with Gasteiger partial charge in [-0.3, -0.25) is 0 Å². The smallest absolute Gasteiger partial charge is 0.360 e. The van der Waals surface area contributed by atoms with Crippen LogP contribution < -0.4 is 0 Å². The van der Waals surface area contributed by atoms with Crippen LogP contribution >= 0.6 is 0 Å². The zero-order chi connectivity index (χ0) is 14.7. The zero-order valence-corrected chi connectivity index (χ0v) is 11.7. The van der Waals surface area contributed by atoms with Gasteiger partial charge in [0.05, 0.1) is 26.0 Å². The molecule has 0 radical (unpaired) electrons. The van der Waals surface area contributed by atoms with Gasteiger partial charge in [-0.05, 0) is 25.0 Å². The number of aliphatic hydroxyl groups excluding tert-OH is 1. The molecule has 0 saturated heterocycles. The highest BCUT2D eigenvalue weighted by atomic mass is 16.5. The average molecular weight is 275 g/mol. The quantitative estimate of drug-likeness (QED) is 0.854. The van der Waals surface area contributed by atoms with Gasteiger partial charge in [0.25, 0.3) is 0 Å². The number of benzene rings is 1. The van der Waals surface area contributed by atoms with Gasteiger partial charge >= 0.3 is 5.97 Å². The molecular formula is C14H17N3O3. The third kappa shape index (κ3) is 3.03. The molecule has 0 saturated carbocycles. The molecule has 0 spiro atoms. The van der Waals surface area contributed by atoms with E-state index in [0.29, 0.717) is 0 Å². The number of esters is 1. The Labute approximate surface area is 117 Å². The van der Waals surface area contributed by atoms with Crippen molar-refractivity contribution in [3.8, 4) is 0 Å². The third-order valence-electron chi connectivity index (χ3n) is 3.09. The summed E-state index contributed by atoms with van der Waals surface area (Å²) in [5.41, 5.74) is 3.07. The van der Waals surface area contributed by atoms with Crippen molar-refractivity contribution in [2.75, 3.05) is 7.11 Å². The number of ether oxygens (including phenoxy) is 1. The van der Waals surface area contributed by atoms with Crippen molar-refractivity contribution in [2.45, 2.75) is 26.5 Å². The number of aromatic nitrogens is 3. The first-order valence-electron chi connectivity index (χ1n) is 6.25. The first-order valence-corrected chi connectivity index (χ1v) is 6.25. The summed E-state index contributed by atoms with van der Waals surface area (Å²) in [6, 6.07) is 5.91. The molecule has 1 heterocycles. The van der Waals surface area contributed by atoms with Crippen molar-refractivity contribution in [3.63, 3.8) is 0 Å². The molecule has 2 rings (SSSR count). The molecule has 6 heteroatoms. The third-order valence-corrected chi connectivity index (χ3v) is 3.09. The first-order chi connectivity index (χ1) is 9.51. The molecular weight excluding hydrogens is 258 g/mol. The van der Waals surface area contributed by atoms with Crippen LogP contribution in [0, 0.1) is 13.8 Å². The van der Waals surface area contributed by atoms with E-state index >= 15 is 0 Å². The second-order valence-electron chi connectivity index (χ2n) is 4.69. The van der Waals surface area contributed by atoms with Gasteiger partial charge in [-0.15, -0.1) is 5.10 Å². The number of aryl methyl sites for hydroxylation is 2. The second-order valence-corrected chi connectivity index (χ2v) is 4.69. The maximum absolute atomic E-state index is 11.3. The maximum atomic E-state index is 11.3. The molecule has 1 aromatic carbocycles. The summed E-state index contributed by atoms with van der Waals surface area (Å²) in [4.78, 5) is 11.3. The van der Waals surface area contributed by atoms with Crippen LogP contribution in [0.15, 0.2) is 24.4 Å². The lowest BCUT2D eigenvalue weighted by Crippen LogP contribution is -2.11. The summed E-state index contributed by atoms with van der Waals surface area (Å²) in [6.45, 7) is 4.15. The number of rotatable bonds is 4. The van der Waals surface area contributed by atoms with Crippen molar-refractivity contribution in [1.82, 2.24) is 15.0 Å². The minimum Gasteiger partial charge on any atom is -0.464 e. The lowest BCUT2D eigenvalue weighted by atomic mass is 10.0. The first kappa shape index (κ1) is 14.2. The van der Waals surface area contributed by atoms with Crippen LogP contribution in [-0.2, 0) is 11.3 Å². The van der Waals surface area contributed by atoms with Gasteiger partial charge in [-0.2, -0.15) is 0 Å². The molecule has 0 fully saturated rings. The Balaban J connectivity index is 2.15. The minimum absolute atomic E-state index is 0.126. The molecule has 20 heavy (non-hydrogen) atoms. The Hall–Kier alpha value is -2.21. The van der Waals surface area contributed by atoms with E-state index < -0.39 is 12.1 Å². The fourth-order valence-corrected chi connectivity index (χ4v) is 1.98. The van der Waals surface area contributed by atoms with Crippen LogP contribution in [0.1, 0.15) is 33.3 Å². The van der Waals surface area contributed by atoms with Crippen LogP contribution in [0.2, 0.25) is 0 Å². The monoisotopic (exact) mass is 275 g/mol. The number of carbonyl (C=O) groups excluding carboxylic acids is 1. The van der Waals surface area contributed by atoms with Gasteiger partial charge in [0, 0.05) is 0 Å². The summed E-state index contributed by atoms with van der Waals surface area (Å²) < 4.78 is 5.99. The molecule has 1 N–H and O–H groups in total. The molecule has 0 aliphatic rings. The van der Waals surface area contributed by atoms with Crippen LogP contribution in [-0.4, -0.2) is 33.2 Å². The highest BCUT2D eigenvalue weighted by Crippen LogP contribution is 2.20. The minimum atomic E-state index is -0.706. The van der Waals surface area contributed by atoms with Crippen molar-refractivity contribution in [3.05, 3.63) is 46.8 Å². The fraction of sp³-hybridized carbons (Fsp3) is 0.357. The standard InChI is InChI=1S/C14H17N3O3/c1-9-4-5-10(2)11(6-9)13(18)8-17-7-12(15-16-17)14(19)20-3/h4-7,13,18H,8H2,1-3H3. The van der Waals surface area contributed by atoms with Crippen molar-refractivity contribution < 1.29 is 14.6 Å². The number of nitrogens with zero attached hydrogens (tertiary/aromatic N) is 3. The molecule has 0 amide bonds. The normalized spacial score (nSPS) is 12.2. The molecule has 0 aliphatic heterocycles. The van der Waals surface area contributed by atoms with Crippen LogP contribution in [0.25, 0.3) is 0 Å². The van der Waals surface area contributed by atoms with Crippen LogP contribution in [0.4, 0.5) is 0 Å². The van der Waals surface area contributed by atoms with E-state index in [1.807, 2.05) is 32.0 Å². The van der Waals surface area contributed by atoms with E-state index in [1.165, 1.54) is 18.0 Å². The Bertz CT molecular complexity index is 622. The van der Waals surface area contributed by atoms with E-state index in [-0.39, 0.29) is 12.2 Å². The van der Waals surface area contributed by atoms with E-state index in [4.69, 9.17) is 0 Å². The van der Waals surface area contributed by atoms with Gasteiger partial charge in [0.2, 0.25) is 0 Å². The molecule has 1 aromatic heterocycles. The highest BCUT2D eigenvalue weighted by Gasteiger charge is 2.15. The zero-order valence-electron chi connectivity index (χ0n) is 11.7. The Kier molecular flexibility index (Phi) is 4.14. The molecule has 106 valence electrons. The van der Waals surface area contributed by atoms with Crippen molar-refractivity contribution in [1.29, 1.82) is 0 Å². The molecule has 1 atom stereocenters. The second kappa shape index (κ2) is 5.83. The van der Waals surface area contributed by atoms with Crippen molar-refractivity contribution in [2.24, 2.45) is 0 Å². The molecule has 2 aromatic rings. The molecule has 0 aliphatic carbocycles. The van der Waals surface area contributed by atoms with E-state index in [1.54, 1.807) is 0 Å². The van der Waals surface area contributed by atoms with Crippen LogP contribution in [0.3, 0.4) is 0 Å². The SMILES string of the molecule is COC(=O)c1cn(CC(O)c2cc(C)ccc2C)nn1. The van der Waals surface area contributed by atoms with E-state index in [2.05, 4.69) is 15.0 Å². The Morgan fingerprint density at radius 3 is 2.90 bits per heavy atom. The lowest BCUT2D eigenvalue weighted by molar-refractivity contribution is 0.0593. The Morgan fingerprint density at radius 2 is 2.20 bits per heavy atom. The summed E-state index contributed by atoms with van der Waals surface area (Å²) in [6.07, 6.45) is 0.752. The van der Waals surface area contributed by atoms with Crippen LogP contribution in [0.5, 0.6) is 0 Å². The lowest BCUT2D eigenvalue weighted by Gasteiger charge is -2.14. The summed E-state index contributed by atoms with van der Waals surface area (Å²) in [5.74, 6) is -0.544. The predicted octanol–water partition coefficient (Wildman–Crippen LogP) is 1.42. The predicted molar refractivity (Wildman–Crippen MR) is 72.2 cm³/mol. The molecule has 6 nitrogen and oxygen atoms in total. The number of carbonyl (C=O) groups is 1. The van der Waals surface area contributed by atoms with Gasteiger partial charge < -0.3 is 9.84 Å². The van der Waals surface area contributed by atoms with E-state index in [9.17, 15) is 9.90 Å². The summed E-state index contributed by atoms with van der Waals surface area (Å²) in [5, 5.41) is 17.8. The average Bonchev–Trinajstić information content (AvgIpc) is 2.89. The summed E-state index contributed by atoms with van der Waals surface area (Å²) >= 11 is 0. The van der Waals surface area contributed by atoms with Crippen molar-refractivity contribution >= 4 is 5.97 Å². The van der Waals surface area contributed by atoms with E-state index in [0.717, 1.165) is 16.7 Å². The topological polar surface area (TPSA) is 77.2 Å². The van der Waals surface area contributed by atoms with Gasteiger partial charge in [0.15, 0.2) is 5.69 Å². The van der Waals surface area contributed by atoms with Gasteiger partial charge in [0.1, 0.15) is 0 Å². The summed E-state index contributed by atoms with van der Waals surface area (Å²) in [7, 11) is 1.28. The molecule has 1 unspecified atom stereocenters. The van der Waals surface area contributed by atoms with Gasteiger partial charge in [-0.25, -0.2) is 9.48 Å². The highest BCUT2D eigenvalue weighted by molar-refractivity contribution is 5.86. The fourth-order valence-electron chi connectivity index (χ4n) is 1.98. The van der Waals surface area contributed by atoms with Gasteiger partial charge in [-0.1, -0.05) is 29.0 Å². The Morgan fingerprint density at radius 1 is 1.45 bits per heavy atom. The number of methoxy groups -OCH3 is 1. The number of aliphatic hydroxyl groups is 1. The largest absolute Gasteiger partial charge is 0.464 e.